The lowest BCUT2D eigenvalue weighted by atomic mass is 9.73. The molecule has 0 saturated heterocycles. The lowest BCUT2D eigenvalue weighted by molar-refractivity contribution is 0.165. The summed E-state index contributed by atoms with van der Waals surface area (Å²) in [7, 11) is 0. The van der Waals surface area contributed by atoms with Gasteiger partial charge in [-0.25, -0.2) is 9.67 Å². The van der Waals surface area contributed by atoms with E-state index in [1.807, 2.05) is 4.68 Å². The minimum absolute atomic E-state index is 0.378. The molecule has 0 bridgehead atoms. The molecular formula is C14H26N4. The lowest BCUT2D eigenvalue weighted by Crippen LogP contribution is -2.44. The molecule has 1 aromatic heterocycles. The van der Waals surface area contributed by atoms with Gasteiger partial charge >= 0.3 is 0 Å². The van der Waals surface area contributed by atoms with Gasteiger partial charge in [0, 0.05) is 12.1 Å². The molecule has 0 aromatic carbocycles. The Morgan fingerprint density at radius 1 is 1.44 bits per heavy atom. The third-order valence-corrected chi connectivity index (χ3v) is 4.15. The van der Waals surface area contributed by atoms with E-state index >= 15 is 0 Å². The maximum atomic E-state index is 4.36. The largest absolute Gasteiger partial charge is 0.307 e. The van der Waals surface area contributed by atoms with Crippen LogP contribution in [0.15, 0.2) is 6.33 Å². The van der Waals surface area contributed by atoms with Gasteiger partial charge in [-0.2, -0.15) is 5.10 Å². The van der Waals surface area contributed by atoms with E-state index in [0.29, 0.717) is 17.5 Å². The zero-order valence-corrected chi connectivity index (χ0v) is 12.1. The molecule has 0 spiro atoms. The van der Waals surface area contributed by atoms with Crippen molar-refractivity contribution in [3.8, 4) is 0 Å². The molecule has 1 fully saturated rings. The molecule has 1 saturated carbocycles. The van der Waals surface area contributed by atoms with Crippen LogP contribution in [0.1, 0.15) is 65.2 Å². The number of hydrogen-bond donors (Lipinski definition) is 1. The molecule has 102 valence electrons. The molecule has 0 radical (unpaired) electrons. The van der Waals surface area contributed by atoms with Crippen LogP contribution in [0.25, 0.3) is 0 Å². The molecule has 1 unspecified atom stereocenters. The van der Waals surface area contributed by atoms with Crippen molar-refractivity contribution in [1.29, 1.82) is 0 Å². The van der Waals surface area contributed by atoms with Crippen LogP contribution in [0.5, 0.6) is 0 Å². The topological polar surface area (TPSA) is 42.7 Å². The van der Waals surface area contributed by atoms with Gasteiger partial charge in [0.25, 0.3) is 0 Å². The van der Waals surface area contributed by atoms with Crippen molar-refractivity contribution >= 4 is 0 Å². The summed E-state index contributed by atoms with van der Waals surface area (Å²) in [6, 6.07) is 0.979. The Morgan fingerprint density at radius 2 is 2.22 bits per heavy atom. The van der Waals surface area contributed by atoms with Gasteiger partial charge in [0.15, 0.2) is 0 Å². The molecule has 1 atom stereocenters. The van der Waals surface area contributed by atoms with Crippen molar-refractivity contribution in [3.63, 3.8) is 0 Å². The molecule has 2 rings (SSSR count). The average molecular weight is 250 g/mol. The van der Waals surface area contributed by atoms with E-state index in [2.05, 4.69) is 43.1 Å². The first-order valence-corrected chi connectivity index (χ1v) is 7.12. The Bertz CT molecular complexity index is 381. The van der Waals surface area contributed by atoms with E-state index in [1.165, 1.54) is 25.7 Å². The van der Waals surface area contributed by atoms with Gasteiger partial charge in [0.1, 0.15) is 12.2 Å². The summed E-state index contributed by atoms with van der Waals surface area (Å²) in [6.07, 6.45) is 6.97. The number of rotatable bonds is 4. The first kappa shape index (κ1) is 13.5. The van der Waals surface area contributed by atoms with Crippen molar-refractivity contribution in [2.75, 3.05) is 0 Å². The molecule has 18 heavy (non-hydrogen) atoms. The first-order valence-electron chi connectivity index (χ1n) is 7.12. The van der Waals surface area contributed by atoms with E-state index in [9.17, 15) is 0 Å². The predicted octanol–water partition coefficient (Wildman–Crippen LogP) is 2.92. The fourth-order valence-corrected chi connectivity index (χ4v) is 2.92. The average Bonchev–Trinajstić information content (AvgIpc) is 2.75. The summed E-state index contributed by atoms with van der Waals surface area (Å²) < 4.78 is 2.00. The van der Waals surface area contributed by atoms with Crippen molar-refractivity contribution in [2.45, 2.75) is 72.0 Å². The number of nitrogens with zero attached hydrogens (tertiary/aromatic N) is 3. The van der Waals surface area contributed by atoms with Crippen molar-refractivity contribution in [1.82, 2.24) is 20.1 Å². The van der Waals surface area contributed by atoms with E-state index in [1.54, 1.807) is 6.33 Å². The van der Waals surface area contributed by atoms with Crippen LogP contribution in [0.4, 0.5) is 0 Å². The number of hydrogen-bond acceptors (Lipinski definition) is 3. The van der Waals surface area contributed by atoms with E-state index < -0.39 is 0 Å². The van der Waals surface area contributed by atoms with Crippen LogP contribution in [0, 0.1) is 5.41 Å². The van der Waals surface area contributed by atoms with Crippen LogP contribution < -0.4 is 5.32 Å². The highest BCUT2D eigenvalue weighted by Crippen LogP contribution is 2.35. The second-order valence-electron chi connectivity index (χ2n) is 6.38. The molecule has 1 heterocycles. The zero-order valence-electron chi connectivity index (χ0n) is 12.1. The summed E-state index contributed by atoms with van der Waals surface area (Å²) in [5, 5.41) is 7.97. The van der Waals surface area contributed by atoms with E-state index in [-0.39, 0.29) is 0 Å². The van der Waals surface area contributed by atoms with Crippen molar-refractivity contribution in [2.24, 2.45) is 5.41 Å². The Hall–Kier alpha value is -0.900. The van der Waals surface area contributed by atoms with Gasteiger partial charge in [-0.05, 0) is 32.1 Å². The smallest absolute Gasteiger partial charge is 0.141 e. The quantitative estimate of drug-likeness (QED) is 0.893. The fraction of sp³-hybridized carbons (Fsp3) is 0.857. The van der Waals surface area contributed by atoms with Crippen molar-refractivity contribution < 1.29 is 0 Å². The highest BCUT2D eigenvalue weighted by Gasteiger charge is 2.31. The van der Waals surface area contributed by atoms with Crippen LogP contribution in [-0.2, 0) is 6.54 Å². The van der Waals surface area contributed by atoms with Gasteiger partial charge in [0.05, 0.1) is 6.54 Å². The maximum Gasteiger partial charge on any atom is 0.141 e. The molecular weight excluding hydrogens is 224 g/mol. The summed E-state index contributed by atoms with van der Waals surface area (Å²) in [6.45, 7) is 9.85. The molecule has 1 aliphatic rings. The Kier molecular flexibility index (Phi) is 4.05. The third-order valence-electron chi connectivity index (χ3n) is 4.15. The monoisotopic (exact) mass is 250 g/mol. The third kappa shape index (κ3) is 2.91. The van der Waals surface area contributed by atoms with E-state index in [4.69, 9.17) is 0 Å². The molecule has 0 amide bonds. The molecule has 1 aromatic rings. The molecule has 1 N–H and O–H groups in total. The molecule has 0 aliphatic heterocycles. The summed E-state index contributed by atoms with van der Waals surface area (Å²) >= 11 is 0. The second kappa shape index (κ2) is 5.39. The fourth-order valence-electron chi connectivity index (χ4n) is 2.92. The van der Waals surface area contributed by atoms with Crippen LogP contribution in [0.3, 0.4) is 0 Å². The Balaban J connectivity index is 1.96. The van der Waals surface area contributed by atoms with Crippen LogP contribution in [-0.4, -0.2) is 20.8 Å². The SMILES string of the molecule is CC(C)n1ncnc1CNC1CCCCC1(C)C. The zero-order chi connectivity index (χ0) is 13.2. The Morgan fingerprint density at radius 3 is 2.89 bits per heavy atom. The summed E-state index contributed by atoms with van der Waals surface area (Å²) in [4.78, 5) is 4.36. The molecule has 4 heteroatoms. The summed E-state index contributed by atoms with van der Waals surface area (Å²) in [5.74, 6) is 1.05. The predicted molar refractivity (Wildman–Crippen MR) is 73.3 cm³/mol. The van der Waals surface area contributed by atoms with Gasteiger partial charge in [0.2, 0.25) is 0 Å². The van der Waals surface area contributed by atoms with Crippen LogP contribution in [0.2, 0.25) is 0 Å². The summed E-state index contributed by atoms with van der Waals surface area (Å²) in [5.41, 5.74) is 0.404. The highest BCUT2D eigenvalue weighted by atomic mass is 15.4. The van der Waals surface area contributed by atoms with Gasteiger partial charge in [-0.1, -0.05) is 26.7 Å². The minimum atomic E-state index is 0.378. The normalized spacial score (nSPS) is 23.5. The lowest BCUT2D eigenvalue weighted by Gasteiger charge is -2.39. The molecule has 1 aliphatic carbocycles. The van der Waals surface area contributed by atoms with E-state index in [0.717, 1.165) is 12.4 Å². The van der Waals surface area contributed by atoms with Gasteiger partial charge in [-0.15, -0.1) is 0 Å². The second-order valence-corrected chi connectivity index (χ2v) is 6.38. The van der Waals surface area contributed by atoms with Crippen molar-refractivity contribution in [3.05, 3.63) is 12.2 Å². The van der Waals surface area contributed by atoms with Crippen LogP contribution >= 0.6 is 0 Å². The van der Waals surface area contributed by atoms with Gasteiger partial charge < -0.3 is 5.32 Å². The highest BCUT2D eigenvalue weighted by molar-refractivity contribution is 4.92. The standard InChI is InChI=1S/C14H26N4/c1-11(2)18-13(16-10-17-18)9-15-12-7-5-6-8-14(12,3)4/h10-12,15H,5-9H2,1-4H3. The number of nitrogens with one attached hydrogen (secondary N) is 1. The molecule has 4 nitrogen and oxygen atoms in total. The number of aromatic nitrogens is 3. The maximum absolute atomic E-state index is 4.36. The van der Waals surface area contributed by atoms with Gasteiger partial charge in [-0.3, -0.25) is 0 Å². The Labute approximate surface area is 110 Å². The minimum Gasteiger partial charge on any atom is -0.307 e. The first-order chi connectivity index (χ1) is 8.50.